The number of hydrogen-bond donors (Lipinski definition) is 2. The SMILES string of the molecule is C=C(/C=C(/C(=C)C)n1c(C)c[nH]c1=O)C(=C)N[C@@H](CCC)c1ccc(C(=C)OC(C)(C)C)c(C)c1. The average molecular weight is 476 g/mol. The predicted molar refractivity (Wildman–Crippen MR) is 149 cm³/mol. The third-order valence-electron chi connectivity index (χ3n) is 5.65. The number of hydrogen-bond acceptors (Lipinski definition) is 3. The maximum absolute atomic E-state index is 12.3. The van der Waals surface area contributed by atoms with Crippen LogP contribution in [-0.2, 0) is 4.74 Å². The fourth-order valence-electron chi connectivity index (χ4n) is 3.94. The third kappa shape index (κ3) is 7.25. The maximum atomic E-state index is 12.3. The summed E-state index contributed by atoms with van der Waals surface area (Å²) in [7, 11) is 0. The van der Waals surface area contributed by atoms with Crippen LogP contribution in [0.5, 0.6) is 0 Å². The number of H-pyrrole nitrogens is 1. The minimum absolute atomic E-state index is 0.0622. The van der Waals surface area contributed by atoms with E-state index in [1.54, 1.807) is 10.8 Å². The van der Waals surface area contributed by atoms with Gasteiger partial charge in [0.15, 0.2) is 0 Å². The van der Waals surface area contributed by atoms with Crippen LogP contribution in [0.1, 0.15) is 75.9 Å². The molecule has 0 aliphatic rings. The highest BCUT2D eigenvalue weighted by molar-refractivity contribution is 5.67. The summed E-state index contributed by atoms with van der Waals surface area (Å²) in [5.74, 6) is 0.673. The van der Waals surface area contributed by atoms with Gasteiger partial charge in [-0.15, -0.1) is 0 Å². The van der Waals surface area contributed by atoms with Crippen molar-refractivity contribution in [2.24, 2.45) is 0 Å². The summed E-state index contributed by atoms with van der Waals surface area (Å²) in [6.07, 6.45) is 5.46. The Labute approximate surface area is 210 Å². The van der Waals surface area contributed by atoms with Gasteiger partial charge < -0.3 is 15.0 Å². The van der Waals surface area contributed by atoms with Gasteiger partial charge in [-0.3, -0.25) is 4.57 Å². The smallest absolute Gasteiger partial charge is 0.330 e. The molecule has 188 valence electrons. The predicted octanol–water partition coefficient (Wildman–Crippen LogP) is 7.20. The first-order valence-corrected chi connectivity index (χ1v) is 12.0. The Hall–Kier alpha value is -3.47. The number of rotatable bonds is 11. The van der Waals surface area contributed by atoms with Gasteiger partial charge >= 0.3 is 5.69 Å². The second-order valence-corrected chi connectivity index (χ2v) is 10.1. The summed E-state index contributed by atoms with van der Waals surface area (Å²) < 4.78 is 7.57. The lowest BCUT2D eigenvalue weighted by molar-refractivity contribution is 0.0975. The summed E-state index contributed by atoms with van der Waals surface area (Å²) in [5, 5.41) is 3.55. The Bertz CT molecular complexity index is 1210. The highest BCUT2D eigenvalue weighted by Gasteiger charge is 2.18. The molecule has 2 aromatic rings. The van der Waals surface area contributed by atoms with Gasteiger partial charge in [-0.2, -0.15) is 0 Å². The van der Waals surface area contributed by atoms with Crippen molar-refractivity contribution in [2.75, 3.05) is 0 Å². The van der Waals surface area contributed by atoms with Crippen LogP contribution in [0, 0.1) is 13.8 Å². The molecule has 2 N–H and O–H groups in total. The Morgan fingerprint density at radius 1 is 1.20 bits per heavy atom. The van der Waals surface area contributed by atoms with E-state index in [-0.39, 0.29) is 17.3 Å². The zero-order valence-corrected chi connectivity index (χ0v) is 22.5. The van der Waals surface area contributed by atoms with Crippen LogP contribution in [0.25, 0.3) is 11.5 Å². The molecule has 1 aromatic carbocycles. The molecule has 0 saturated heterocycles. The third-order valence-corrected chi connectivity index (χ3v) is 5.65. The lowest BCUT2D eigenvalue weighted by Gasteiger charge is -2.25. The maximum Gasteiger partial charge on any atom is 0.330 e. The first-order chi connectivity index (χ1) is 16.2. The molecule has 0 saturated carbocycles. The first-order valence-electron chi connectivity index (χ1n) is 12.0. The Kier molecular flexibility index (Phi) is 8.97. The van der Waals surface area contributed by atoms with Crippen molar-refractivity contribution < 1.29 is 4.74 Å². The van der Waals surface area contributed by atoms with E-state index in [0.717, 1.165) is 40.8 Å². The van der Waals surface area contributed by atoms with Crippen molar-refractivity contribution in [1.29, 1.82) is 0 Å². The van der Waals surface area contributed by atoms with E-state index in [4.69, 9.17) is 4.74 Å². The van der Waals surface area contributed by atoms with Crippen molar-refractivity contribution in [1.82, 2.24) is 14.9 Å². The molecule has 0 fully saturated rings. The topological polar surface area (TPSA) is 59.0 Å². The van der Waals surface area contributed by atoms with Gasteiger partial charge in [0.2, 0.25) is 0 Å². The number of nitrogens with one attached hydrogen (secondary N) is 2. The number of ether oxygens (including phenoxy) is 1. The lowest BCUT2D eigenvalue weighted by atomic mass is 9.96. The minimum atomic E-state index is -0.299. The molecule has 0 spiro atoms. The van der Waals surface area contributed by atoms with Crippen molar-refractivity contribution >= 4 is 11.5 Å². The number of aromatic amines is 1. The van der Waals surface area contributed by atoms with Crippen molar-refractivity contribution in [3.05, 3.63) is 106 Å². The molecule has 0 radical (unpaired) electrons. The summed E-state index contributed by atoms with van der Waals surface area (Å²) in [4.78, 5) is 15.0. The standard InChI is InChI=1S/C30H41N3O2/c1-12-13-27(25-14-15-26(21(5)16-25)24(8)35-30(9,10)11)32-23(7)20(4)17-28(19(2)3)33-22(6)18-31-29(33)34/h14-18,27,32H,2,4,7-8,12-13H2,1,3,5-6,9-11H3,(H,31,34)/b28-17-/t27-/m0/s1. The van der Waals surface area contributed by atoms with Gasteiger partial charge in [-0.1, -0.05) is 57.9 Å². The van der Waals surface area contributed by atoms with E-state index >= 15 is 0 Å². The van der Waals surface area contributed by atoms with Gasteiger partial charge in [-0.25, -0.2) is 4.79 Å². The van der Waals surface area contributed by atoms with Crippen LogP contribution < -0.4 is 11.0 Å². The van der Waals surface area contributed by atoms with Crippen LogP contribution >= 0.6 is 0 Å². The molecule has 0 unspecified atom stereocenters. The van der Waals surface area contributed by atoms with Crippen LogP contribution in [0.4, 0.5) is 0 Å². The first kappa shape index (κ1) is 27.8. The zero-order chi connectivity index (χ0) is 26.5. The van der Waals surface area contributed by atoms with E-state index in [1.807, 2.05) is 40.7 Å². The Morgan fingerprint density at radius 2 is 1.86 bits per heavy atom. The molecule has 0 bridgehead atoms. The van der Waals surface area contributed by atoms with Gasteiger partial charge in [0.25, 0.3) is 0 Å². The molecule has 1 atom stereocenters. The second-order valence-electron chi connectivity index (χ2n) is 10.1. The fraction of sp³-hybridized carbons (Fsp3) is 0.367. The molecule has 5 heteroatoms. The highest BCUT2D eigenvalue weighted by atomic mass is 16.5. The second kappa shape index (κ2) is 11.3. The summed E-state index contributed by atoms with van der Waals surface area (Å²) >= 11 is 0. The van der Waals surface area contributed by atoms with Crippen LogP contribution in [0.15, 0.2) is 78.4 Å². The average Bonchev–Trinajstić information content (AvgIpc) is 3.07. The molecular weight excluding hydrogens is 434 g/mol. The molecule has 0 aliphatic heterocycles. The quantitative estimate of drug-likeness (QED) is 0.267. The van der Waals surface area contributed by atoms with Gasteiger partial charge in [0.05, 0.1) is 11.7 Å². The normalized spacial score (nSPS) is 12.7. The number of imidazole rings is 1. The number of aromatic nitrogens is 2. The number of benzene rings is 1. The minimum Gasteiger partial charge on any atom is -0.488 e. The van der Waals surface area contributed by atoms with Crippen LogP contribution in [0.2, 0.25) is 0 Å². The zero-order valence-electron chi connectivity index (χ0n) is 22.5. The monoisotopic (exact) mass is 475 g/mol. The molecule has 5 nitrogen and oxygen atoms in total. The lowest BCUT2D eigenvalue weighted by Crippen LogP contribution is -2.22. The molecule has 35 heavy (non-hydrogen) atoms. The summed E-state index contributed by atoms with van der Waals surface area (Å²) in [5.41, 5.74) is 6.40. The molecule has 0 amide bonds. The van der Waals surface area contributed by atoms with E-state index in [0.29, 0.717) is 22.7 Å². The van der Waals surface area contributed by atoms with Crippen molar-refractivity contribution in [3.63, 3.8) is 0 Å². The van der Waals surface area contributed by atoms with Gasteiger partial charge in [0.1, 0.15) is 11.4 Å². The Balaban J connectivity index is 2.29. The summed E-state index contributed by atoms with van der Waals surface area (Å²) in [6, 6.07) is 6.42. The molecule has 2 rings (SSSR count). The largest absolute Gasteiger partial charge is 0.488 e. The highest BCUT2D eigenvalue weighted by Crippen LogP contribution is 2.29. The van der Waals surface area contributed by atoms with E-state index < -0.39 is 0 Å². The van der Waals surface area contributed by atoms with Gasteiger partial charge in [0, 0.05) is 23.2 Å². The van der Waals surface area contributed by atoms with Crippen LogP contribution in [0.3, 0.4) is 0 Å². The number of nitrogens with zero attached hydrogens (tertiary/aromatic N) is 1. The van der Waals surface area contributed by atoms with E-state index in [9.17, 15) is 4.79 Å². The van der Waals surface area contributed by atoms with Gasteiger partial charge in [-0.05, 0) is 76.3 Å². The molecule has 1 aromatic heterocycles. The van der Waals surface area contributed by atoms with Crippen LogP contribution in [-0.4, -0.2) is 15.2 Å². The van der Waals surface area contributed by atoms with E-state index in [2.05, 4.69) is 68.7 Å². The fourth-order valence-corrected chi connectivity index (χ4v) is 3.94. The number of allylic oxidation sites excluding steroid dienone is 3. The van der Waals surface area contributed by atoms with Crippen molar-refractivity contribution in [2.45, 2.75) is 73.0 Å². The van der Waals surface area contributed by atoms with Crippen molar-refractivity contribution in [3.8, 4) is 0 Å². The van der Waals surface area contributed by atoms with E-state index in [1.165, 1.54) is 0 Å². The molecule has 1 heterocycles. The molecule has 0 aliphatic carbocycles. The summed E-state index contributed by atoms with van der Waals surface area (Å²) in [6.45, 7) is 30.6. The Morgan fingerprint density at radius 3 is 2.34 bits per heavy atom. The molecular formula is C30H41N3O2. The number of aryl methyl sites for hydroxylation is 2.